The predicted molar refractivity (Wildman–Crippen MR) is 82.0 cm³/mol. The number of anilines is 1. The standard InChI is InChI=1S/C14H18ClN5O2/c1-19(12-8-17-11(7-16)13(15)18-12)9-3-5-10(6-4-9)20(2)14(21)22/h8-10H,3-6H2,1-2H3,(H,21,22)/t9-,10-. The lowest BCUT2D eigenvalue weighted by molar-refractivity contribution is 0.124. The molecule has 1 aliphatic carbocycles. The number of carbonyl (C=O) groups is 1. The Labute approximate surface area is 134 Å². The Bertz CT molecular complexity index is 595. The maximum absolute atomic E-state index is 11.0. The number of hydrogen-bond acceptors (Lipinski definition) is 5. The summed E-state index contributed by atoms with van der Waals surface area (Å²) < 4.78 is 0. The van der Waals surface area contributed by atoms with Crippen molar-refractivity contribution in [2.45, 2.75) is 37.8 Å². The number of nitrogens with zero attached hydrogens (tertiary/aromatic N) is 5. The highest BCUT2D eigenvalue weighted by Crippen LogP contribution is 2.28. The second-order valence-corrected chi connectivity index (χ2v) is 5.80. The molecule has 1 saturated carbocycles. The highest BCUT2D eigenvalue weighted by molar-refractivity contribution is 6.30. The molecule has 118 valence electrons. The fraction of sp³-hybridized carbons (Fsp3) is 0.571. The summed E-state index contributed by atoms with van der Waals surface area (Å²) in [5.41, 5.74) is 0.116. The van der Waals surface area contributed by atoms with Gasteiger partial charge in [-0.05, 0) is 25.7 Å². The smallest absolute Gasteiger partial charge is 0.407 e. The Morgan fingerprint density at radius 3 is 2.45 bits per heavy atom. The quantitative estimate of drug-likeness (QED) is 0.917. The van der Waals surface area contributed by atoms with Crippen LogP contribution in [0.3, 0.4) is 0 Å². The maximum atomic E-state index is 11.0. The minimum Gasteiger partial charge on any atom is -0.465 e. The molecule has 1 N–H and O–H groups in total. The third-order valence-corrected chi connectivity index (χ3v) is 4.51. The van der Waals surface area contributed by atoms with Gasteiger partial charge in [0.05, 0.1) is 6.20 Å². The summed E-state index contributed by atoms with van der Waals surface area (Å²) in [6.45, 7) is 0. The van der Waals surface area contributed by atoms with E-state index in [1.165, 1.54) is 4.90 Å². The number of hydrogen-bond donors (Lipinski definition) is 1. The molecule has 1 aromatic rings. The van der Waals surface area contributed by atoms with Crippen molar-refractivity contribution in [2.75, 3.05) is 19.0 Å². The summed E-state index contributed by atoms with van der Waals surface area (Å²) in [6.07, 6.45) is 4.03. The van der Waals surface area contributed by atoms with Crippen molar-refractivity contribution in [3.63, 3.8) is 0 Å². The van der Waals surface area contributed by atoms with Crippen LogP contribution in [-0.4, -0.2) is 52.2 Å². The van der Waals surface area contributed by atoms with E-state index in [1.54, 1.807) is 13.2 Å². The summed E-state index contributed by atoms with van der Waals surface area (Å²) in [6, 6.07) is 2.21. The zero-order chi connectivity index (χ0) is 16.3. The third kappa shape index (κ3) is 3.39. The van der Waals surface area contributed by atoms with Crippen molar-refractivity contribution in [1.29, 1.82) is 5.26 Å². The van der Waals surface area contributed by atoms with Gasteiger partial charge >= 0.3 is 6.09 Å². The zero-order valence-electron chi connectivity index (χ0n) is 12.5. The number of halogens is 1. The lowest BCUT2D eigenvalue weighted by atomic mass is 9.89. The molecule has 0 aromatic carbocycles. The van der Waals surface area contributed by atoms with Gasteiger partial charge in [-0.3, -0.25) is 0 Å². The van der Waals surface area contributed by atoms with Crippen LogP contribution in [0.4, 0.5) is 10.6 Å². The molecule has 1 heterocycles. The van der Waals surface area contributed by atoms with E-state index in [9.17, 15) is 4.79 Å². The number of amides is 1. The molecule has 0 aliphatic heterocycles. The van der Waals surface area contributed by atoms with Crippen LogP contribution in [0.2, 0.25) is 5.15 Å². The molecule has 1 aliphatic rings. The molecule has 22 heavy (non-hydrogen) atoms. The van der Waals surface area contributed by atoms with Gasteiger partial charge in [0.2, 0.25) is 0 Å². The number of aromatic nitrogens is 2. The third-order valence-electron chi connectivity index (χ3n) is 4.25. The van der Waals surface area contributed by atoms with E-state index >= 15 is 0 Å². The van der Waals surface area contributed by atoms with Crippen molar-refractivity contribution in [3.8, 4) is 6.07 Å². The van der Waals surface area contributed by atoms with Crippen LogP contribution in [0.5, 0.6) is 0 Å². The Morgan fingerprint density at radius 1 is 1.36 bits per heavy atom. The average molecular weight is 324 g/mol. The van der Waals surface area contributed by atoms with Crippen molar-refractivity contribution in [1.82, 2.24) is 14.9 Å². The van der Waals surface area contributed by atoms with Gasteiger partial charge in [0.15, 0.2) is 10.8 Å². The van der Waals surface area contributed by atoms with E-state index in [1.807, 2.05) is 18.0 Å². The molecule has 8 heteroatoms. The van der Waals surface area contributed by atoms with E-state index in [4.69, 9.17) is 22.0 Å². The van der Waals surface area contributed by atoms with Gasteiger partial charge in [0, 0.05) is 26.2 Å². The number of nitriles is 1. The molecule has 1 amide bonds. The van der Waals surface area contributed by atoms with Crippen molar-refractivity contribution < 1.29 is 9.90 Å². The SMILES string of the molecule is CN(C(=O)O)[C@H]1CC[C@H](N(C)c2cnc(C#N)c(Cl)n2)CC1. The molecule has 0 unspecified atom stereocenters. The Morgan fingerprint density at radius 2 is 1.95 bits per heavy atom. The molecule has 0 radical (unpaired) electrons. The molecule has 0 bridgehead atoms. The molecule has 1 fully saturated rings. The van der Waals surface area contributed by atoms with Gasteiger partial charge in [-0.1, -0.05) is 11.6 Å². The van der Waals surface area contributed by atoms with Gasteiger partial charge in [-0.2, -0.15) is 5.26 Å². The Kier molecular flexibility index (Phi) is 5.03. The monoisotopic (exact) mass is 323 g/mol. The van der Waals surface area contributed by atoms with Gasteiger partial charge in [-0.15, -0.1) is 0 Å². The lowest BCUT2D eigenvalue weighted by Crippen LogP contribution is -2.43. The summed E-state index contributed by atoms with van der Waals surface area (Å²) in [7, 11) is 3.53. The lowest BCUT2D eigenvalue weighted by Gasteiger charge is -2.37. The van der Waals surface area contributed by atoms with Crippen LogP contribution in [-0.2, 0) is 0 Å². The second kappa shape index (κ2) is 6.79. The van der Waals surface area contributed by atoms with E-state index in [0.717, 1.165) is 25.7 Å². The molecular weight excluding hydrogens is 306 g/mol. The molecule has 7 nitrogen and oxygen atoms in total. The van der Waals surface area contributed by atoms with Crippen LogP contribution >= 0.6 is 11.6 Å². The van der Waals surface area contributed by atoms with E-state index in [-0.39, 0.29) is 22.9 Å². The topological polar surface area (TPSA) is 93.4 Å². The first-order chi connectivity index (χ1) is 10.4. The zero-order valence-corrected chi connectivity index (χ0v) is 13.3. The summed E-state index contributed by atoms with van der Waals surface area (Å²) in [4.78, 5) is 22.6. The van der Waals surface area contributed by atoms with Crippen LogP contribution in [0.1, 0.15) is 31.4 Å². The first-order valence-electron chi connectivity index (χ1n) is 7.05. The highest BCUT2D eigenvalue weighted by atomic mass is 35.5. The van der Waals surface area contributed by atoms with E-state index in [0.29, 0.717) is 5.82 Å². The van der Waals surface area contributed by atoms with Gasteiger partial charge < -0.3 is 14.9 Å². The Hall–Kier alpha value is -2.07. The highest BCUT2D eigenvalue weighted by Gasteiger charge is 2.29. The molecule has 0 atom stereocenters. The predicted octanol–water partition coefficient (Wildman–Crippen LogP) is 2.36. The number of carboxylic acid groups (broad SMARTS) is 1. The fourth-order valence-corrected chi connectivity index (χ4v) is 2.96. The largest absolute Gasteiger partial charge is 0.465 e. The van der Waals surface area contributed by atoms with Crippen molar-refractivity contribution >= 4 is 23.5 Å². The summed E-state index contributed by atoms with van der Waals surface area (Å²) in [5.74, 6) is 0.624. The van der Waals surface area contributed by atoms with Crippen molar-refractivity contribution in [2.24, 2.45) is 0 Å². The van der Waals surface area contributed by atoms with Crippen LogP contribution in [0.15, 0.2) is 6.20 Å². The van der Waals surface area contributed by atoms with Gasteiger partial charge in [0.1, 0.15) is 11.9 Å². The molecular formula is C14H18ClN5O2. The van der Waals surface area contributed by atoms with Crippen LogP contribution < -0.4 is 4.90 Å². The first kappa shape index (κ1) is 16.3. The molecule has 2 rings (SSSR count). The van der Waals surface area contributed by atoms with Crippen LogP contribution in [0.25, 0.3) is 0 Å². The second-order valence-electron chi connectivity index (χ2n) is 5.45. The first-order valence-corrected chi connectivity index (χ1v) is 7.43. The van der Waals surface area contributed by atoms with E-state index < -0.39 is 6.09 Å². The molecule has 1 aromatic heterocycles. The summed E-state index contributed by atoms with van der Waals surface area (Å²) in [5, 5.41) is 17.9. The summed E-state index contributed by atoms with van der Waals surface area (Å²) >= 11 is 5.92. The molecule has 0 saturated heterocycles. The molecule has 0 spiro atoms. The van der Waals surface area contributed by atoms with Crippen molar-refractivity contribution in [3.05, 3.63) is 17.0 Å². The van der Waals surface area contributed by atoms with Gasteiger partial charge in [0.25, 0.3) is 0 Å². The normalized spacial score (nSPS) is 21.0. The fourth-order valence-electron chi connectivity index (χ4n) is 2.78. The minimum absolute atomic E-state index is 0.0674. The Balaban J connectivity index is 2.01. The number of rotatable bonds is 3. The average Bonchev–Trinajstić information content (AvgIpc) is 2.53. The van der Waals surface area contributed by atoms with E-state index in [2.05, 4.69) is 9.97 Å². The van der Waals surface area contributed by atoms with Gasteiger partial charge in [-0.25, -0.2) is 14.8 Å². The minimum atomic E-state index is -0.887. The van der Waals surface area contributed by atoms with Crippen LogP contribution in [0, 0.1) is 11.3 Å². The maximum Gasteiger partial charge on any atom is 0.407 e.